The summed E-state index contributed by atoms with van der Waals surface area (Å²) in [6, 6.07) is -1.64. The number of hydrogen-bond donors (Lipinski definition) is 1. The molecule has 1 aliphatic rings. The van der Waals surface area contributed by atoms with Crippen LogP contribution >= 0.6 is 11.6 Å². The lowest BCUT2D eigenvalue weighted by molar-refractivity contribution is -0.147. The minimum Gasteiger partial charge on any atom is -0.464 e. The molecular weight excluding hydrogens is 454 g/mol. The van der Waals surface area contributed by atoms with Crippen molar-refractivity contribution >= 4 is 29.8 Å². The Balaban J connectivity index is 3.06. The number of nitrogens with zero attached hydrogens (tertiary/aromatic N) is 3. The van der Waals surface area contributed by atoms with Gasteiger partial charge in [0.2, 0.25) is 0 Å². The highest BCUT2D eigenvalue weighted by Crippen LogP contribution is 2.27. The zero-order valence-electron chi connectivity index (χ0n) is 19.7. The second-order valence-electron chi connectivity index (χ2n) is 7.67. The van der Waals surface area contributed by atoms with Gasteiger partial charge >= 0.3 is 12.0 Å². The number of carbonyl (C=O) groups excluding carboxylic acids is 2. The summed E-state index contributed by atoms with van der Waals surface area (Å²) in [6.45, 7) is 6.07. The third-order valence-electron chi connectivity index (χ3n) is 5.02. The number of allylic oxidation sites excluding steroid dienone is 6. The fourth-order valence-corrected chi connectivity index (χ4v) is 3.19. The summed E-state index contributed by atoms with van der Waals surface area (Å²) in [4.78, 5) is 26.5. The lowest BCUT2D eigenvalue weighted by atomic mass is 9.95. The van der Waals surface area contributed by atoms with Crippen LogP contribution in [-0.4, -0.2) is 60.3 Å². The molecule has 0 saturated heterocycles. The fraction of sp³-hybridized carbons (Fsp3) is 0.522. The van der Waals surface area contributed by atoms with Crippen LogP contribution in [0.25, 0.3) is 0 Å². The molecule has 1 aliphatic carbocycles. The van der Waals surface area contributed by atoms with E-state index in [0.29, 0.717) is 16.5 Å². The molecule has 0 radical (unpaired) electrons. The van der Waals surface area contributed by atoms with Gasteiger partial charge in [-0.2, -0.15) is 5.10 Å². The number of ether oxygens (including phenoxy) is 1. The molecular formula is C23H33ClF2N4O3. The smallest absolute Gasteiger partial charge is 0.341 e. The van der Waals surface area contributed by atoms with E-state index in [1.807, 2.05) is 12.2 Å². The molecule has 0 bridgehead atoms. The fourth-order valence-electron chi connectivity index (χ4n) is 2.89. The van der Waals surface area contributed by atoms with Gasteiger partial charge in [0.25, 0.3) is 5.92 Å². The third kappa shape index (κ3) is 8.64. The van der Waals surface area contributed by atoms with Crippen molar-refractivity contribution in [3.8, 4) is 0 Å². The molecule has 1 rings (SSSR count). The van der Waals surface area contributed by atoms with Crippen LogP contribution in [0.1, 0.15) is 40.5 Å². The molecule has 0 aromatic rings. The maximum Gasteiger partial charge on any atom is 0.341 e. The monoisotopic (exact) mass is 486 g/mol. The number of carbonyl (C=O) groups is 2. The molecule has 2 atom stereocenters. The number of hydrogen-bond acceptors (Lipinski definition) is 5. The molecule has 0 saturated carbocycles. The number of halogens is 3. The Morgan fingerprint density at radius 3 is 2.61 bits per heavy atom. The zero-order chi connectivity index (χ0) is 25.2. The van der Waals surface area contributed by atoms with E-state index in [2.05, 4.69) is 12.0 Å². The van der Waals surface area contributed by atoms with E-state index in [9.17, 15) is 18.4 Å². The third-order valence-corrected chi connectivity index (χ3v) is 5.37. The van der Waals surface area contributed by atoms with E-state index < -0.39 is 24.0 Å². The molecule has 10 heteroatoms. The van der Waals surface area contributed by atoms with Crippen LogP contribution in [0.5, 0.6) is 0 Å². The summed E-state index contributed by atoms with van der Waals surface area (Å²) >= 11 is 6.33. The van der Waals surface area contributed by atoms with Crippen LogP contribution in [0.4, 0.5) is 13.6 Å². The highest BCUT2D eigenvalue weighted by molar-refractivity contribution is 6.34. The average molecular weight is 487 g/mol. The van der Waals surface area contributed by atoms with Gasteiger partial charge in [0.1, 0.15) is 0 Å². The predicted molar refractivity (Wildman–Crippen MR) is 127 cm³/mol. The summed E-state index contributed by atoms with van der Waals surface area (Å²) < 4.78 is 31.9. The molecule has 0 spiro atoms. The number of alkyl halides is 2. The van der Waals surface area contributed by atoms with Gasteiger partial charge in [0.05, 0.1) is 12.8 Å². The summed E-state index contributed by atoms with van der Waals surface area (Å²) in [5.41, 5.74) is 5.51. The molecule has 0 aromatic heterocycles. The van der Waals surface area contributed by atoms with Crippen molar-refractivity contribution in [1.29, 1.82) is 0 Å². The molecule has 0 aliphatic heterocycles. The maximum absolute atomic E-state index is 13.4. The van der Waals surface area contributed by atoms with Gasteiger partial charge in [-0.1, -0.05) is 42.8 Å². The van der Waals surface area contributed by atoms with Gasteiger partial charge in [0.15, 0.2) is 6.04 Å². The van der Waals surface area contributed by atoms with Crippen LogP contribution in [0.15, 0.2) is 51.8 Å². The van der Waals surface area contributed by atoms with Gasteiger partial charge in [-0.3, -0.25) is 0 Å². The molecule has 33 heavy (non-hydrogen) atoms. The molecule has 2 unspecified atom stereocenters. The van der Waals surface area contributed by atoms with Crippen molar-refractivity contribution in [2.45, 2.75) is 52.5 Å². The van der Waals surface area contributed by atoms with Gasteiger partial charge in [-0.05, 0) is 32.6 Å². The number of hydrazone groups is 1. The molecule has 0 aromatic carbocycles. The highest BCUT2D eigenvalue weighted by atomic mass is 35.5. The zero-order valence-corrected chi connectivity index (χ0v) is 20.5. The first kappa shape index (κ1) is 28.4. The van der Waals surface area contributed by atoms with Crippen molar-refractivity contribution in [2.24, 2.45) is 16.8 Å². The minimum atomic E-state index is -3.11. The van der Waals surface area contributed by atoms with Gasteiger partial charge < -0.3 is 15.4 Å². The van der Waals surface area contributed by atoms with Crippen LogP contribution < -0.4 is 5.73 Å². The first-order chi connectivity index (χ1) is 15.5. The van der Waals surface area contributed by atoms with Crippen molar-refractivity contribution in [1.82, 2.24) is 9.91 Å². The lowest BCUT2D eigenvalue weighted by Gasteiger charge is -2.27. The summed E-state index contributed by atoms with van der Waals surface area (Å²) in [5, 5.41) is 5.72. The largest absolute Gasteiger partial charge is 0.464 e. The topological polar surface area (TPSA) is 88.2 Å². The lowest BCUT2D eigenvalue weighted by Crippen LogP contribution is -2.46. The first-order valence-corrected chi connectivity index (χ1v) is 11.1. The van der Waals surface area contributed by atoms with E-state index in [0.717, 1.165) is 37.1 Å². The summed E-state index contributed by atoms with van der Waals surface area (Å²) in [5.74, 6) is -3.40. The Bertz CT molecular complexity index is 847. The number of likely N-dealkylation sites (N-methyl/N-ethyl adjacent to an activating group) is 1. The van der Waals surface area contributed by atoms with Gasteiger partial charge in [-0.15, -0.1) is 0 Å². The normalized spacial score (nSPS) is 18.2. The second-order valence-corrected chi connectivity index (χ2v) is 8.08. The summed E-state index contributed by atoms with van der Waals surface area (Å²) in [7, 11) is 1.46. The Morgan fingerprint density at radius 2 is 2.09 bits per heavy atom. The average Bonchev–Trinajstić information content (AvgIpc) is 2.76. The highest BCUT2D eigenvalue weighted by Gasteiger charge is 2.29. The predicted octanol–water partition coefficient (Wildman–Crippen LogP) is 4.81. The number of rotatable bonds is 10. The van der Waals surface area contributed by atoms with E-state index in [1.54, 1.807) is 6.92 Å². The molecule has 0 fully saturated rings. The quantitative estimate of drug-likeness (QED) is 0.208. The minimum absolute atomic E-state index is 0.0185. The molecule has 2 N–H and O–H groups in total. The molecule has 0 heterocycles. The van der Waals surface area contributed by atoms with E-state index >= 15 is 0 Å². The standard InChI is InChI=1S/C23H33ClF2N4O3/c1-6-17-10-11-18(20(24)13-17)15-28-30(16(3)21(31)33-7-2)22(32)29(5)12-8-9-19(14-27)23(4,25)26/h8-9,11,13-17H,6-7,10,12,27H2,1-5H3/b9-8-,19-14+,28-15+. The van der Waals surface area contributed by atoms with Gasteiger partial charge in [0, 0.05) is 42.9 Å². The Morgan fingerprint density at radius 1 is 1.42 bits per heavy atom. The molecule has 7 nitrogen and oxygen atoms in total. The van der Waals surface area contributed by atoms with Crippen molar-refractivity contribution in [3.05, 3.63) is 46.7 Å². The number of amides is 2. The first-order valence-electron chi connectivity index (χ1n) is 10.8. The number of nitrogens with two attached hydrogens (primary N) is 1. The number of urea groups is 1. The van der Waals surface area contributed by atoms with E-state index in [-0.39, 0.29) is 18.7 Å². The van der Waals surface area contributed by atoms with E-state index in [4.69, 9.17) is 22.1 Å². The van der Waals surface area contributed by atoms with Gasteiger partial charge in [-0.25, -0.2) is 23.4 Å². The Hall–Kier alpha value is -2.68. The van der Waals surface area contributed by atoms with Crippen LogP contribution in [0, 0.1) is 5.92 Å². The van der Waals surface area contributed by atoms with Crippen molar-refractivity contribution in [2.75, 3.05) is 20.2 Å². The number of esters is 1. The molecule has 2 amide bonds. The Labute approximate surface area is 199 Å². The Kier molecular flexibility index (Phi) is 11.3. The van der Waals surface area contributed by atoms with Crippen molar-refractivity contribution < 1.29 is 23.1 Å². The second kappa shape index (κ2) is 13.1. The maximum atomic E-state index is 13.4. The van der Waals surface area contributed by atoms with Crippen LogP contribution in [-0.2, 0) is 9.53 Å². The van der Waals surface area contributed by atoms with E-state index in [1.165, 1.54) is 31.2 Å². The van der Waals surface area contributed by atoms with Crippen LogP contribution in [0.3, 0.4) is 0 Å². The molecule has 184 valence electrons. The van der Waals surface area contributed by atoms with Crippen molar-refractivity contribution in [3.63, 3.8) is 0 Å². The SMILES string of the molecule is CCOC(=O)C(C)N(/N=C/C1=CCC(CC)C=C1Cl)C(=O)N(C)C/C=C\C(=C/N)C(C)(F)F. The van der Waals surface area contributed by atoms with Crippen LogP contribution in [0.2, 0.25) is 0 Å². The summed E-state index contributed by atoms with van der Waals surface area (Å²) in [6.07, 6.45) is 10.4.